The monoisotopic (exact) mass is 348 g/mol. The van der Waals surface area contributed by atoms with Gasteiger partial charge in [-0.3, -0.25) is 19.2 Å². The van der Waals surface area contributed by atoms with Gasteiger partial charge < -0.3 is 10.0 Å². The highest BCUT2D eigenvalue weighted by Gasteiger charge is 2.27. The standard InChI is InChI=1S/C18H28N4O3/c23-17(13-20-8-3-1-2-4-9-20)21-10-5-6-15(12-21)16-7-11-22(19-16)14-18(24)25/h7,11,15H,1-6,8-10,12-14H2,(H,24,25)/t15-/m0/s1. The van der Waals surface area contributed by atoms with Crippen molar-refractivity contribution >= 4 is 11.9 Å². The molecule has 2 fully saturated rings. The summed E-state index contributed by atoms with van der Waals surface area (Å²) in [6.07, 6.45) is 8.61. The van der Waals surface area contributed by atoms with Gasteiger partial charge in [-0.15, -0.1) is 0 Å². The van der Waals surface area contributed by atoms with Crippen molar-refractivity contribution in [2.75, 3.05) is 32.7 Å². The number of amides is 1. The van der Waals surface area contributed by atoms with E-state index in [0.717, 1.165) is 38.2 Å². The van der Waals surface area contributed by atoms with Crippen LogP contribution in [0.3, 0.4) is 0 Å². The summed E-state index contributed by atoms with van der Waals surface area (Å²) in [5.74, 6) is -0.471. The van der Waals surface area contributed by atoms with E-state index in [0.29, 0.717) is 13.1 Å². The number of aromatic nitrogens is 2. The lowest BCUT2D eigenvalue weighted by atomic mass is 9.95. The zero-order valence-corrected chi connectivity index (χ0v) is 14.8. The van der Waals surface area contributed by atoms with E-state index in [1.54, 1.807) is 6.20 Å². The van der Waals surface area contributed by atoms with E-state index in [2.05, 4.69) is 10.00 Å². The van der Waals surface area contributed by atoms with Gasteiger partial charge in [-0.05, 0) is 44.8 Å². The van der Waals surface area contributed by atoms with Gasteiger partial charge in [0.1, 0.15) is 6.54 Å². The van der Waals surface area contributed by atoms with Crippen LogP contribution in [0.15, 0.2) is 12.3 Å². The van der Waals surface area contributed by atoms with Gasteiger partial charge in [0, 0.05) is 25.2 Å². The minimum absolute atomic E-state index is 0.121. The van der Waals surface area contributed by atoms with Crippen LogP contribution in [0, 0.1) is 0 Å². The van der Waals surface area contributed by atoms with Gasteiger partial charge in [0.05, 0.1) is 12.2 Å². The fourth-order valence-corrected chi connectivity index (χ4v) is 3.85. The van der Waals surface area contributed by atoms with E-state index in [1.165, 1.54) is 30.4 Å². The Kier molecular flexibility index (Phi) is 6.07. The van der Waals surface area contributed by atoms with Gasteiger partial charge in [0.25, 0.3) is 0 Å². The van der Waals surface area contributed by atoms with E-state index in [4.69, 9.17) is 5.11 Å². The lowest BCUT2D eigenvalue weighted by molar-refractivity contribution is -0.138. The minimum Gasteiger partial charge on any atom is -0.480 e. The number of hydrogen-bond donors (Lipinski definition) is 1. The molecule has 1 N–H and O–H groups in total. The third-order valence-electron chi connectivity index (χ3n) is 5.21. The van der Waals surface area contributed by atoms with E-state index in [1.807, 2.05) is 11.0 Å². The molecule has 0 spiro atoms. The van der Waals surface area contributed by atoms with Gasteiger partial charge in [-0.1, -0.05) is 12.8 Å². The van der Waals surface area contributed by atoms with Gasteiger partial charge in [-0.25, -0.2) is 0 Å². The first-order valence-corrected chi connectivity index (χ1v) is 9.37. The first-order chi connectivity index (χ1) is 12.1. The first kappa shape index (κ1) is 17.9. The summed E-state index contributed by atoms with van der Waals surface area (Å²) >= 11 is 0. The second-order valence-corrected chi connectivity index (χ2v) is 7.20. The Morgan fingerprint density at radius 2 is 1.84 bits per heavy atom. The molecule has 0 radical (unpaired) electrons. The molecule has 0 aliphatic carbocycles. The Labute approximate surface area is 148 Å². The van der Waals surface area contributed by atoms with Gasteiger partial charge in [-0.2, -0.15) is 5.10 Å². The third-order valence-corrected chi connectivity index (χ3v) is 5.21. The van der Waals surface area contributed by atoms with Crippen molar-refractivity contribution in [1.82, 2.24) is 19.6 Å². The fourth-order valence-electron chi connectivity index (χ4n) is 3.85. The lowest BCUT2D eigenvalue weighted by Crippen LogP contribution is -2.45. The molecule has 3 rings (SSSR count). The van der Waals surface area contributed by atoms with Crippen LogP contribution in [-0.4, -0.2) is 69.3 Å². The van der Waals surface area contributed by atoms with Crippen molar-refractivity contribution in [1.29, 1.82) is 0 Å². The number of carboxylic acids is 1. The number of carboxylic acid groups (broad SMARTS) is 1. The predicted octanol–water partition coefficient (Wildman–Crippen LogP) is 1.55. The molecule has 0 unspecified atom stereocenters. The molecule has 138 valence electrons. The number of rotatable bonds is 5. The van der Waals surface area contributed by atoms with Crippen LogP contribution in [0.1, 0.15) is 50.1 Å². The van der Waals surface area contributed by atoms with Crippen LogP contribution in [0.25, 0.3) is 0 Å². The molecule has 0 aromatic carbocycles. The van der Waals surface area contributed by atoms with E-state index in [9.17, 15) is 9.59 Å². The SMILES string of the molecule is O=C(O)Cn1ccc([C@H]2CCCN(C(=O)CN3CCCCCC3)C2)n1. The summed E-state index contributed by atoms with van der Waals surface area (Å²) < 4.78 is 1.45. The van der Waals surface area contributed by atoms with Gasteiger partial charge in [0.2, 0.25) is 5.91 Å². The van der Waals surface area contributed by atoms with Crippen molar-refractivity contribution in [3.05, 3.63) is 18.0 Å². The first-order valence-electron chi connectivity index (χ1n) is 9.37. The molecule has 1 amide bonds. The molecule has 0 saturated carbocycles. The van der Waals surface area contributed by atoms with Crippen LogP contribution in [0.5, 0.6) is 0 Å². The van der Waals surface area contributed by atoms with Gasteiger partial charge >= 0.3 is 5.97 Å². The van der Waals surface area contributed by atoms with Crippen molar-refractivity contribution in [2.24, 2.45) is 0 Å². The minimum atomic E-state index is -0.896. The predicted molar refractivity (Wildman–Crippen MR) is 93.3 cm³/mol. The fraction of sp³-hybridized carbons (Fsp3) is 0.722. The maximum atomic E-state index is 12.7. The second-order valence-electron chi connectivity index (χ2n) is 7.20. The molecule has 1 atom stereocenters. The summed E-state index contributed by atoms with van der Waals surface area (Å²) in [6, 6.07) is 1.89. The van der Waals surface area contributed by atoms with E-state index in [-0.39, 0.29) is 18.4 Å². The summed E-state index contributed by atoms with van der Waals surface area (Å²) in [7, 11) is 0. The molecule has 2 saturated heterocycles. The Hall–Kier alpha value is -1.89. The topological polar surface area (TPSA) is 78.7 Å². The maximum Gasteiger partial charge on any atom is 0.325 e. The van der Waals surface area contributed by atoms with Crippen LogP contribution < -0.4 is 0 Å². The molecule has 7 nitrogen and oxygen atoms in total. The van der Waals surface area contributed by atoms with Crippen LogP contribution >= 0.6 is 0 Å². The Bertz CT molecular complexity index is 593. The highest BCUT2D eigenvalue weighted by Crippen LogP contribution is 2.26. The summed E-state index contributed by atoms with van der Waals surface area (Å²) in [4.78, 5) is 27.7. The Morgan fingerprint density at radius 3 is 2.56 bits per heavy atom. The van der Waals surface area contributed by atoms with Crippen molar-refractivity contribution in [3.63, 3.8) is 0 Å². The quantitative estimate of drug-likeness (QED) is 0.873. The Morgan fingerprint density at radius 1 is 1.08 bits per heavy atom. The summed E-state index contributed by atoms with van der Waals surface area (Å²) in [5, 5.41) is 13.2. The highest BCUT2D eigenvalue weighted by atomic mass is 16.4. The smallest absolute Gasteiger partial charge is 0.325 e. The average molecular weight is 348 g/mol. The molecule has 7 heteroatoms. The zero-order chi connectivity index (χ0) is 17.6. The molecule has 1 aromatic rings. The number of carbonyl (C=O) groups excluding carboxylic acids is 1. The van der Waals surface area contributed by atoms with Crippen LogP contribution in [0.4, 0.5) is 0 Å². The normalized spacial score (nSPS) is 22.6. The molecular weight excluding hydrogens is 320 g/mol. The molecule has 2 aliphatic heterocycles. The van der Waals surface area contributed by atoms with Gasteiger partial charge in [0.15, 0.2) is 0 Å². The number of hydrogen-bond acceptors (Lipinski definition) is 4. The molecule has 25 heavy (non-hydrogen) atoms. The molecular formula is C18H28N4O3. The number of aliphatic carboxylic acids is 1. The number of piperidine rings is 1. The second kappa shape index (κ2) is 8.47. The summed E-state index contributed by atoms with van der Waals surface area (Å²) in [6.45, 7) is 3.98. The number of carbonyl (C=O) groups is 2. The molecule has 2 aliphatic rings. The Balaban J connectivity index is 1.55. The largest absolute Gasteiger partial charge is 0.480 e. The summed E-state index contributed by atoms with van der Waals surface area (Å²) in [5.41, 5.74) is 0.897. The van der Waals surface area contributed by atoms with Crippen LogP contribution in [0.2, 0.25) is 0 Å². The van der Waals surface area contributed by atoms with E-state index < -0.39 is 5.97 Å². The third kappa shape index (κ3) is 5.04. The zero-order valence-electron chi connectivity index (χ0n) is 14.8. The molecule has 3 heterocycles. The maximum absolute atomic E-state index is 12.7. The molecule has 1 aromatic heterocycles. The number of likely N-dealkylation sites (tertiary alicyclic amines) is 2. The number of nitrogens with zero attached hydrogens (tertiary/aromatic N) is 4. The lowest BCUT2D eigenvalue weighted by Gasteiger charge is -2.33. The van der Waals surface area contributed by atoms with Crippen molar-refractivity contribution < 1.29 is 14.7 Å². The van der Waals surface area contributed by atoms with Crippen molar-refractivity contribution in [3.8, 4) is 0 Å². The molecule has 0 bridgehead atoms. The van der Waals surface area contributed by atoms with Crippen molar-refractivity contribution in [2.45, 2.75) is 51.0 Å². The average Bonchev–Trinajstić information content (AvgIpc) is 2.90. The van der Waals surface area contributed by atoms with E-state index >= 15 is 0 Å². The highest BCUT2D eigenvalue weighted by molar-refractivity contribution is 5.78. The van der Waals surface area contributed by atoms with Crippen LogP contribution in [-0.2, 0) is 16.1 Å².